The molecule has 1 aromatic carbocycles. The summed E-state index contributed by atoms with van der Waals surface area (Å²) in [6.45, 7) is 5.54. The zero-order valence-corrected chi connectivity index (χ0v) is 16.7. The van der Waals surface area contributed by atoms with Crippen LogP contribution in [0.3, 0.4) is 0 Å². The molecule has 2 amide bonds. The van der Waals surface area contributed by atoms with Crippen LogP contribution in [0, 0.1) is 0 Å². The molecular weight excluding hydrogens is 364 g/mol. The van der Waals surface area contributed by atoms with E-state index in [9.17, 15) is 19.5 Å². The number of nitrogens with one attached hydrogen (secondary N) is 1. The summed E-state index contributed by atoms with van der Waals surface area (Å²) in [7, 11) is 1.56. The van der Waals surface area contributed by atoms with E-state index < -0.39 is 35.7 Å². The van der Waals surface area contributed by atoms with E-state index in [1.54, 1.807) is 52.1 Å². The van der Waals surface area contributed by atoms with E-state index in [4.69, 9.17) is 9.47 Å². The number of benzene rings is 1. The number of carboxylic acids is 1. The summed E-state index contributed by atoms with van der Waals surface area (Å²) in [4.78, 5) is 38.1. The van der Waals surface area contributed by atoms with Crippen LogP contribution in [0.25, 0.3) is 0 Å². The van der Waals surface area contributed by atoms with Gasteiger partial charge in [-0.1, -0.05) is 12.1 Å². The minimum atomic E-state index is -1.04. The van der Waals surface area contributed by atoms with Crippen LogP contribution >= 0.6 is 0 Å². The van der Waals surface area contributed by atoms with Gasteiger partial charge in [0.2, 0.25) is 5.91 Å². The molecule has 2 N–H and O–H groups in total. The Morgan fingerprint density at radius 1 is 1.25 bits per heavy atom. The highest BCUT2D eigenvalue weighted by Crippen LogP contribution is 2.20. The monoisotopic (exact) mass is 392 g/mol. The molecule has 0 spiro atoms. The van der Waals surface area contributed by atoms with Crippen molar-refractivity contribution in [2.45, 2.75) is 57.7 Å². The first-order valence-corrected chi connectivity index (χ1v) is 9.26. The van der Waals surface area contributed by atoms with Crippen LogP contribution in [0.15, 0.2) is 24.3 Å². The van der Waals surface area contributed by atoms with Crippen LogP contribution in [-0.4, -0.2) is 59.3 Å². The quantitative estimate of drug-likeness (QED) is 0.769. The summed E-state index contributed by atoms with van der Waals surface area (Å²) in [6, 6.07) is 5.33. The Balaban J connectivity index is 2.20. The molecule has 0 aliphatic carbocycles. The van der Waals surface area contributed by atoms with Gasteiger partial charge < -0.3 is 24.8 Å². The second kappa shape index (κ2) is 8.95. The minimum Gasteiger partial charge on any atom is -0.497 e. The van der Waals surface area contributed by atoms with E-state index in [1.807, 2.05) is 0 Å². The Kier molecular flexibility index (Phi) is 6.88. The summed E-state index contributed by atoms with van der Waals surface area (Å²) in [5.41, 5.74) is 0.0935. The summed E-state index contributed by atoms with van der Waals surface area (Å²) >= 11 is 0. The Morgan fingerprint density at radius 3 is 2.43 bits per heavy atom. The number of hydrogen-bond donors (Lipinski definition) is 2. The molecule has 28 heavy (non-hydrogen) atoms. The number of likely N-dealkylation sites (tertiary alicyclic amines) is 1. The number of carbonyl (C=O) groups excluding carboxylic acids is 2. The number of alkyl carbamates (subject to hydrolysis) is 1. The number of hydrogen-bond acceptors (Lipinski definition) is 5. The fourth-order valence-corrected chi connectivity index (χ4v) is 3.13. The van der Waals surface area contributed by atoms with Gasteiger partial charge in [0.25, 0.3) is 0 Å². The van der Waals surface area contributed by atoms with Crippen molar-refractivity contribution in [3.8, 4) is 5.75 Å². The third kappa shape index (κ3) is 5.87. The topological polar surface area (TPSA) is 105 Å². The van der Waals surface area contributed by atoms with Crippen molar-refractivity contribution in [1.29, 1.82) is 0 Å². The Hall–Kier alpha value is -2.77. The SMILES string of the molecule is COc1ccc(C[C@H](NC(=O)OC(C)(C)C)C(=O)N2CCC[C@H]2C(=O)O)cc1. The maximum atomic E-state index is 13.1. The molecule has 0 aromatic heterocycles. The zero-order chi connectivity index (χ0) is 20.9. The summed E-state index contributed by atoms with van der Waals surface area (Å²) in [6.07, 6.45) is 0.517. The minimum absolute atomic E-state index is 0.213. The highest BCUT2D eigenvalue weighted by Gasteiger charge is 2.38. The number of ether oxygens (including phenoxy) is 2. The van der Waals surface area contributed by atoms with Crippen molar-refractivity contribution >= 4 is 18.0 Å². The number of methoxy groups -OCH3 is 1. The van der Waals surface area contributed by atoms with E-state index >= 15 is 0 Å². The molecule has 2 atom stereocenters. The van der Waals surface area contributed by atoms with Gasteiger partial charge in [-0.2, -0.15) is 0 Å². The zero-order valence-electron chi connectivity index (χ0n) is 16.7. The summed E-state index contributed by atoms with van der Waals surface area (Å²) < 4.78 is 10.4. The molecule has 1 aliphatic heterocycles. The molecule has 0 unspecified atom stereocenters. The Bertz CT molecular complexity index is 710. The third-order valence-electron chi connectivity index (χ3n) is 4.41. The molecule has 2 rings (SSSR count). The largest absolute Gasteiger partial charge is 0.497 e. The van der Waals surface area contributed by atoms with Gasteiger partial charge in [0, 0.05) is 13.0 Å². The van der Waals surface area contributed by atoms with Gasteiger partial charge in [0.05, 0.1) is 7.11 Å². The van der Waals surface area contributed by atoms with Crippen LogP contribution in [-0.2, 0) is 20.7 Å². The summed E-state index contributed by atoms with van der Waals surface area (Å²) in [5, 5.41) is 12.0. The van der Waals surface area contributed by atoms with Gasteiger partial charge in [-0.3, -0.25) is 4.79 Å². The van der Waals surface area contributed by atoms with Crippen molar-refractivity contribution in [2.75, 3.05) is 13.7 Å². The molecule has 0 saturated carbocycles. The lowest BCUT2D eigenvalue weighted by Crippen LogP contribution is -2.53. The number of aliphatic carboxylic acids is 1. The highest BCUT2D eigenvalue weighted by atomic mass is 16.6. The smallest absolute Gasteiger partial charge is 0.408 e. The maximum Gasteiger partial charge on any atom is 0.408 e. The first-order valence-electron chi connectivity index (χ1n) is 9.26. The average Bonchev–Trinajstić information content (AvgIpc) is 3.09. The Labute approximate surface area is 164 Å². The standard InChI is InChI=1S/C20H28N2O6/c1-20(2,3)28-19(26)21-15(12-13-7-9-14(27-4)10-8-13)17(23)22-11-5-6-16(22)18(24)25/h7-10,15-16H,5-6,11-12H2,1-4H3,(H,21,26)(H,24,25)/t15-,16-/m0/s1. The molecule has 1 saturated heterocycles. The molecule has 1 aliphatic rings. The molecule has 8 nitrogen and oxygen atoms in total. The maximum absolute atomic E-state index is 13.1. The van der Waals surface area contributed by atoms with Crippen molar-refractivity contribution < 1.29 is 29.0 Å². The molecule has 1 fully saturated rings. The van der Waals surface area contributed by atoms with Crippen molar-refractivity contribution in [2.24, 2.45) is 0 Å². The van der Waals surface area contributed by atoms with Gasteiger partial charge in [-0.25, -0.2) is 9.59 Å². The van der Waals surface area contributed by atoms with Gasteiger partial charge in [-0.05, 0) is 51.3 Å². The van der Waals surface area contributed by atoms with Crippen molar-refractivity contribution in [3.63, 3.8) is 0 Å². The number of carbonyl (C=O) groups is 3. The molecule has 0 radical (unpaired) electrons. The van der Waals surface area contributed by atoms with Crippen LogP contribution in [0.5, 0.6) is 5.75 Å². The van der Waals surface area contributed by atoms with Crippen LogP contribution in [0.4, 0.5) is 4.79 Å². The molecule has 8 heteroatoms. The third-order valence-corrected chi connectivity index (χ3v) is 4.41. The van der Waals surface area contributed by atoms with Crippen LogP contribution in [0.1, 0.15) is 39.2 Å². The lowest BCUT2D eigenvalue weighted by atomic mass is 10.0. The van der Waals surface area contributed by atoms with E-state index in [2.05, 4.69) is 5.32 Å². The second-order valence-electron chi connectivity index (χ2n) is 7.78. The number of nitrogens with zero attached hydrogens (tertiary/aromatic N) is 1. The number of carboxylic acid groups (broad SMARTS) is 1. The van der Waals surface area contributed by atoms with Gasteiger partial charge in [0.15, 0.2) is 0 Å². The highest BCUT2D eigenvalue weighted by molar-refractivity contribution is 5.90. The van der Waals surface area contributed by atoms with Gasteiger partial charge in [0.1, 0.15) is 23.4 Å². The summed E-state index contributed by atoms with van der Waals surface area (Å²) in [5.74, 6) is -0.782. The van der Waals surface area contributed by atoms with Crippen LogP contribution in [0.2, 0.25) is 0 Å². The first kappa shape index (κ1) is 21.5. The van der Waals surface area contributed by atoms with Crippen LogP contribution < -0.4 is 10.1 Å². The number of rotatable bonds is 6. The van der Waals surface area contributed by atoms with Crippen molar-refractivity contribution in [3.05, 3.63) is 29.8 Å². The molecule has 1 aromatic rings. The second-order valence-corrected chi connectivity index (χ2v) is 7.78. The predicted molar refractivity (Wildman–Crippen MR) is 102 cm³/mol. The predicted octanol–water partition coefficient (Wildman–Crippen LogP) is 2.21. The molecule has 0 bridgehead atoms. The van der Waals surface area contributed by atoms with Gasteiger partial charge >= 0.3 is 12.1 Å². The van der Waals surface area contributed by atoms with E-state index in [-0.39, 0.29) is 6.42 Å². The van der Waals surface area contributed by atoms with E-state index in [1.165, 1.54) is 4.90 Å². The van der Waals surface area contributed by atoms with E-state index in [0.717, 1.165) is 5.56 Å². The van der Waals surface area contributed by atoms with Gasteiger partial charge in [-0.15, -0.1) is 0 Å². The normalized spacial score (nSPS) is 17.7. The molecule has 1 heterocycles. The lowest BCUT2D eigenvalue weighted by molar-refractivity contribution is -0.149. The average molecular weight is 392 g/mol. The number of amides is 2. The lowest BCUT2D eigenvalue weighted by Gasteiger charge is -2.28. The van der Waals surface area contributed by atoms with Crippen molar-refractivity contribution in [1.82, 2.24) is 10.2 Å². The molecular formula is C20H28N2O6. The first-order chi connectivity index (χ1) is 13.1. The van der Waals surface area contributed by atoms with E-state index in [0.29, 0.717) is 25.1 Å². The Morgan fingerprint density at radius 2 is 1.89 bits per heavy atom. The fraction of sp³-hybridized carbons (Fsp3) is 0.550. The molecule has 154 valence electrons. The fourth-order valence-electron chi connectivity index (χ4n) is 3.13.